The lowest BCUT2D eigenvalue weighted by Gasteiger charge is -2.19. The van der Waals surface area contributed by atoms with Gasteiger partial charge in [0.15, 0.2) is 5.54 Å². The van der Waals surface area contributed by atoms with E-state index in [0.717, 1.165) is 10.5 Å². The van der Waals surface area contributed by atoms with Gasteiger partial charge in [-0.1, -0.05) is 23.7 Å². The zero-order valence-corrected chi connectivity index (χ0v) is 15.1. The van der Waals surface area contributed by atoms with Crippen molar-refractivity contribution < 1.29 is 18.8 Å². The maximum absolute atomic E-state index is 12.7. The molecular formula is C18H18ClN3O4. The Hall–Kier alpha value is -2.80. The number of hydrogen-bond acceptors (Lipinski definition) is 4. The molecule has 2 N–H and O–H groups in total. The van der Waals surface area contributed by atoms with E-state index in [0.29, 0.717) is 16.5 Å². The Kier molecular flexibility index (Phi) is 4.73. The fourth-order valence-electron chi connectivity index (χ4n) is 2.71. The van der Waals surface area contributed by atoms with Crippen molar-refractivity contribution in [1.29, 1.82) is 0 Å². The fraction of sp³-hybridized carbons (Fsp3) is 0.278. The van der Waals surface area contributed by atoms with Crippen LogP contribution in [0, 0.1) is 6.92 Å². The van der Waals surface area contributed by atoms with Gasteiger partial charge in [-0.05, 0) is 43.7 Å². The Labute approximate surface area is 155 Å². The number of benzene rings is 1. The van der Waals surface area contributed by atoms with Crippen molar-refractivity contribution in [3.8, 4) is 0 Å². The highest BCUT2D eigenvalue weighted by atomic mass is 35.5. The van der Waals surface area contributed by atoms with Gasteiger partial charge in [-0.2, -0.15) is 0 Å². The normalized spacial score (nSPS) is 19.6. The Bertz CT molecular complexity index is 862. The summed E-state index contributed by atoms with van der Waals surface area (Å²) in [5, 5.41) is 5.88. The van der Waals surface area contributed by atoms with Crippen LogP contribution in [0.15, 0.2) is 40.8 Å². The van der Waals surface area contributed by atoms with Crippen LogP contribution in [0.4, 0.5) is 4.79 Å². The Balaban J connectivity index is 1.64. The van der Waals surface area contributed by atoms with E-state index in [1.807, 2.05) is 0 Å². The van der Waals surface area contributed by atoms with Crippen molar-refractivity contribution in [3.63, 3.8) is 0 Å². The molecule has 1 aliphatic heterocycles. The van der Waals surface area contributed by atoms with E-state index in [4.69, 9.17) is 16.0 Å². The summed E-state index contributed by atoms with van der Waals surface area (Å²) < 4.78 is 5.48. The van der Waals surface area contributed by atoms with Crippen molar-refractivity contribution >= 4 is 29.4 Å². The van der Waals surface area contributed by atoms with Crippen LogP contribution in [0.3, 0.4) is 0 Å². The van der Waals surface area contributed by atoms with Gasteiger partial charge in [0, 0.05) is 11.6 Å². The largest absolute Gasteiger partial charge is 0.463 e. The molecule has 8 heteroatoms. The quantitative estimate of drug-likeness (QED) is 0.784. The molecule has 0 aliphatic carbocycles. The Morgan fingerprint density at radius 3 is 2.54 bits per heavy atom. The molecule has 0 saturated carbocycles. The summed E-state index contributed by atoms with van der Waals surface area (Å²) in [4.78, 5) is 37.9. The standard InChI is InChI=1S/C18H18ClN3O4/c1-11-3-8-14(26-11)18(2)16(24)22(17(25)21-18)10-15(23)20-9-12-4-6-13(19)7-5-12/h3-8H,9-10H2,1-2H3,(H,20,23)(H,21,25). The molecule has 2 heterocycles. The molecule has 1 atom stereocenters. The predicted octanol–water partition coefficient (Wildman–Crippen LogP) is 2.32. The minimum Gasteiger partial charge on any atom is -0.463 e. The number of furan rings is 1. The van der Waals surface area contributed by atoms with Crippen LogP contribution in [-0.4, -0.2) is 29.3 Å². The number of halogens is 1. The number of imide groups is 1. The zero-order valence-electron chi connectivity index (χ0n) is 14.3. The van der Waals surface area contributed by atoms with Crippen LogP contribution in [0.25, 0.3) is 0 Å². The molecule has 1 saturated heterocycles. The SMILES string of the molecule is Cc1ccc(C2(C)NC(=O)N(CC(=O)NCc3ccc(Cl)cc3)C2=O)o1. The van der Waals surface area contributed by atoms with Gasteiger partial charge in [-0.15, -0.1) is 0 Å². The second kappa shape index (κ2) is 6.84. The van der Waals surface area contributed by atoms with Crippen LogP contribution in [0.2, 0.25) is 5.02 Å². The Morgan fingerprint density at radius 1 is 1.23 bits per heavy atom. The lowest BCUT2D eigenvalue weighted by Crippen LogP contribution is -2.43. The monoisotopic (exact) mass is 375 g/mol. The molecule has 1 unspecified atom stereocenters. The number of nitrogens with zero attached hydrogens (tertiary/aromatic N) is 1. The van der Waals surface area contributed by atoms with Crippen LogP contribution >= 0.6 is 11.6 Å². The summed E-state index contributed by atoms with van der Waals surface area (Å²) in [5.74, 6) is -0.0123. The molecule has 1 aromatic carbocycles. The third-order valence-electron chi connectivity index (χ3n) is 4.21. The molecule has 0 radical (unpaired) electrons. The minimum atomic E-state index is -1.32. The van der Waals surface area contributed by atoms with Gasteiger partial charge in [0.2, 0.25) is 5.91 Å². The average molecular weight is 376 g/mol. The summed E-state index contributed by atoms with van der Waals surface area (Å²) in [6.07, 6.45) is 0. The van der Waals surface area contributed by atoms with Gasteiger partial charge in [-0.25, -0.2) is 4.79 Å². The van der Waals surface area contributed by atoms with Gasteiger partial charge in [0.05, 0.1) is 0 Å². The fourth-order valence-corrected chi connectivity index (χ4v) is 2.84. The Morgan fingerprint density at radius 2 is 1.92 bits per heavy atom. The summed E-state index contributed by atoms with van der Waals surface area (Å²) >= 11 is 5.81. The summed E-state index contributed by atoms with van der Waals surface area (Å²) in [6, 6.07) is 9.72. The second-order valence-electron chi connectivity index (χ2n) is 6.26. The molecule has 1 fully saturated rings. The van der Waals surface area contributed by atoms with Gasteiger partial charge >= 0.3 is 6.03 Å². The van der Waals surface area contributed by atoms with Crippen LogP contribution in [-0.2, 0) is 21.7 Å². The number of amides is 4. The van der Waals surface area contributed by atoms with E-state index in [-0.39, 0.29) is 13.1 Å². The maximum Gasteiger partial charge on any atom is 0.325 e. The van der Waals surface area contributed by atoms with Crippen molar-refractivity contribution in [1.82, 2.24) is 15.5 Å². The van der Waals surface area contributed by atoms with Crippen LogP contribution in [0.1, 0.15) is 24.0 Å². The smallest absolute Gasteiger partial charge is 0.325 e. The first-order valence-electron chi connectivity index (χ1n) is 8.02. The summed E-state index contributed by atoms with van der Waals surface area (Å²) in [5.41, 5.74) is -0.460. The molecule has 1 aromatic heterocycles. The molecule has 3 rings (SSSR count). The highest BCUT2D eigenvalue weighted by molar-refractivity contribution is 6.30. The molecule has 1 aliphatic rings. The topological polar surface area (TPSA) is 91.7 Å². The number of hydrogen-bond donors (Lipinski definition) is 2. The number of aryl methyl sites for hydroxylation is 1. The highest BCUT2D eigenvalue weighted by Gasteiger charge is 2.51. The second-order valence-corrected chi connectivity index (χ2v) is 6.70. The van der Waals surface area contributed by atoms with Crippen molar-refractivity contribution in [3.05, 3.63) is 58.5 Å². The van der Waals surface area contributed by atoms with E-state index < -0.39 is 23.4 Å². The van der Waals surface area contributed by atoms with E-state index in [2.05, 4.69) is 10.6 Å². The van der Waals surface area contributed by atoms with Crippen LogP contribution < -0.4 is 10.6 Å². The third-order valence-corrected chi connectivity index (χ3v) is 4.46. The lowest BCUT2D eigenvalue weighted by atomic mass is 9.99. The van der Waals surface area contributed by atoms with E-state index in [1.54, 1.807) is 50.2 Å². The van der Waals surface area contributed by atoms with Crippen molar-refractivity contribution in [2.24, 2.45) is 0 Å². The summed E-state index contributed by atoms with van der Waals surface area (Å²) in [6.45, 7) is 3.20. The maximum atomic E-state index is 12.7. The van der Waals surface area contributed by atoms with Gasteiger partial charge in [0.1, 0.15) is 18.1 Å². The molecule has 4 amide bonds. The molecule has 26 heavy (non-hydrogen) atoms. The predicted molar refractivity (Wildman–Crippen MR) is 94.3 cm³/mol. The first kappa shape index (κ1) is 18.0. The van der Waals surface area contributed by atoms with E-state index in [9.17, 15) is 14.4 Å². The van der Waals surface area contributed by atoms with E-state index in [1.165, 1.54) is 0 Å². The lowest BCUT2D eigenvalue weighted by molar-refractivity contribution is -0.135. The summed E-state index contributed by atoms with van der Waals surface area (Å²) in [7, 11) is 0. The van der Waals surface area contributed by atoms with Crippen molar-refractivity contribution in [2.75, 3.05) is 6.54 Å². The number of nitrogens with one attached hydrogen (secondary N) is 2. The zero-order chi connectivity index (χ0) is 18.9. The number of urea groups is 1. The van der Waals surface area contributed by atoms with Crippen molar-refractivity contribution in [2.45, 2.75) is 25.9 Å². The first-order valence-corrected chi connectivity index (χ1v) is 8.39. The molecule has 0 bridgehead atoms. The third kappa shape index (κ3) is 3.43. The molecular weight excluding hydrogens is 358 g/mol. The number of carbonyl (C=O) groups excluding carboxylic acids is 3. The van der Waals surface area contributed by atoms with Gasteiger partial charge < -0.3 is 15.1 Å². The first-order chi connectivity index (χ1) is 12.3. The molecule has 136 valence electrons. The molecule has 7 nitrogen and oxygen atoms in total. The van der Waals surface area contributed by atoms with E-state index >= 15 is 0 Å². The minimum absolute atomic E-state index is 0.272. The highest BCUT2D eigenvalue weighted by Crippen LogP contribution is 2.29. The number of rotatable bonds is 5. The average Bonchev–Trinajstić information content (AvgIpc) is 3.13. The van der Waals surface area contributed by atoms with Crippen LogP contribution in [0.5, 0.6) is 0 Å². The number of carbonyl (C=O) groups is 3. The molecule has 2 aromatic rings. The molecule has 0 spiro atoms. The van der Waals surface area contributed by atoms with Gasteiger partial charge in [-0.3, -0.25) is 14.5 Å². The van der Waals surface area contributed by atoms with Gasteiger partial charge in [0.25, 0.3) is 5.91 Å².